The minimum absolute atomic E-state index is 0.0413. The Balaban J connectivity index is 2.72. The van der Waals surface area contributed by atoms with Crippen molar-refractivity contribution < 1.29 is 32.3 Å². The average molecular weight is 424 g/mol. The number of nitro benzene ring substituents is 1. The molecule has 29 heavy (non-hydrogen) atoms. The lowest BCUT2D eigenvalue weighted by Crippen LogP contribution is -2.29. The maximum Gasteiger partial charge on any atom is 0.340 e. The second-order valence-corrected chi connectivity index (χ2v) is 7.83. The van der Waals surface area contributed by atoms with Crippen LogP contribution in [0.1, 0.15) is 15.9 Å². The fourth-order valence-electron chi connectivity index (χ4n) is 2.66. The molecule has 0 radical (unpaired) electrons. The van der Waals surface area contributed by atoms with E-state index < -0.39 is 20.9 Å². The van der Waals surface area contributed by atoms with Crippen LogP contribution in [0.4, 0.5) is 11.4 Å². The molecule has 0 aliphatic rings. The van der Waals surface area contributed by atoms with Crippen molar-refractivity contribution in [3.05, 3.63) is 51.6 Å². The van der Waals surface area contributed by atoms with Crippen molar-refractivity contribution in [2.24, 2.45) is 0 Å². The summed E-state index contributed by atoms with van der Waals surface area (Å²) in [7, 11) is 0.842. The third-order valence-electron chi connectivity index (χ3n) is 4.27. The number of esters is 1. The lowest BCUT2D eigenvalue weighted by Gasteiger charge is -2.23. The molecule has 2 aromatic rings. The van der Waals surface area contributed by atoms with E-state index in [1.165, 1.54) is 52.5 Å². The number of methoxy groups -OCH3 is 3. The summed E-state index contributed by atoms with van der Waals surface area (Å²) in [6, 6.07) is 6.14. The fourth-order valence-corrected chi connectivity index (χ4v) is 4.11. The molecule has 2 aromatic carbocycles. The number of benzene rings is 2. The highest BCUT2D eigenvalue weighted by molar-refractivity contribution is 7.92. The van der Waals surface area contributed by atoms with Gasteiger partial charge in [-0.3, -0.25) is 14.4 Å². The summed E-state index contributed by atoms with van der Waals surface area (Å²) >= 11 is 0. The lowest BCUT2D eigenvalue weighted by molar-refractivity contribution is -0.385. The molecule has 0 unspecified atom stereocenters. The smallest absolute Gasteiger partial charge is 0.340 e. The molecule has 0 saturated heterocycles. The molecule has 11 heteroatoms. The van der Waals surface area contributed by atoms with Crippen LogP contribution < -0.4 is 13.8 Å². The zero-order chi connectivity index (χ0) is 21.9. The number of non-ortho nitro benzene ring substituents is 1. The molecule has 0 aliphatic heterocycles. The molecule has 0 heterocycles. The highest BCUT2D eigenvalue weighted by Crippen LogP contribution is 2.37. The van der Waals surface area contributed by atoms with Gasteiger partial charge in [-0.05, 0) is 12.5 Å². The van der Waals surface area contributed by atoms with Crippen LogP contribution in [0.15, 0.2) is 35.2 Å². The number of carbonyl (C=O) groups excluding carboxylic acids is 1. The van der Waals surface area contributed by atoms with Crippen molar-refractivity contribution in [2.75, 3.05) is 32.7 Å². The Bertz CT molecular complexity index is 1070. The number of hydrogen-bond acceptors (Lipinski definition) is 8. The maximum atomic E-state index is 13.2. The standard InChI is InChI=1S/C18H20N2O8S/c1-11-6-7-12(20(22)23)8-17(11)29(24,25)19(2)14-10-16(27-4)15(26-3)9-13(14)18(21)28-5/h6-10H,1-5H3. The quantitative estimate of drug-likeness (QED) is 0.377. The highest BCUT2D eigenvalue weighted by Gasteiger charge is 2.30. The Labute approximate surface area is 167 Å². The summed E-state index contributed by atoms with van der Waals surface area (Å²) < 4.78 is 42.4. The number of rotatable bonds is 7. The molecule has 0 spiro atoms. The molecule has 156 valence electrons. The summed E-state index contributed by atoms with van der Waals surface area (Å²) in [4.78, 5) is 22.4. The number of carbonyl (C=O) groups is 1. The molecular weight excluding hydrogens is 404 g/mol. The molecule has 0 atom stereocenters. The summed E-state index contributed by atoms with van der Waals surface area (Å²) in [5, 5.41) is 11.1. The van der Waals surface area contributed by atoms with Gasteiger partial charge in [0.15, 0.2) is 11.5 Å². The second kappa shape index (κ2) is 8.35. The number of sulfonamides is 1. The van der Waals surface area contributed by atoms with Crippen LogP contribution in [0.25, 0.3) is 0 Å². The van der Waals surface area contributed by atoms with Gasteiger partial charge >= 0.3 is 5.97 Å². The number of ether oxygens (including phenoxy) is 3. The van der Waals surface area contributed by atoms with Crippen molar-refractivity contribution in [1.82, 2.24) is 0 Å². The Morgan fingerprint density at radius 2 is 1.66 bits per heavy atom. The van der Waals surface area contributed by atoms with Gasteiger partial charge in [-0.15, -0.1) is 0 Å². The predicted molar refractivity (Wildman–Crippen MR) is 104 cm³/mol. The van der Waals surface area contributed by atoms with Crippen molar-refractivity contribution in [3.63, 3.8) is 0 Å². The zero-order valence-electron chi connectivity index (χ0n) is 16.5. The topological polar surface area (TPSA) is 125 Å². The third kappa shape index (κ3) is 4.09. The Hall–Kier alpha value is -3.34. The maximum absolute atomic E-state index is 13.2. The molecule has 0 amide bonds. The van der Waals surface area contributed by atoms with Crippen LogP contribution >= 0.6 is 0 Å². The summed E-state index contributed by atoms with van der Waals surface area (Å²) in [5.74, 6) is -0.402. The summed E-state index contributed by atoms with van der Waals surface area (Å²) in [6.45, 7) is 1.51. The van der Waals surface area contributed by atoms with E-state index in [2.05, 4.69) is 0 Å². The lowest BCUT2D eigenvalue weighted by atomic mass is 10.1. The molecule has 2 rings (SSSR count). The number of hydrogen-bond donors (Lipinski definition) is 0. The van der Waals surface area contributed by atoms with Crippen LogP contribution in [-0.2, 0) is 14.8 Å². The van der Waals surface area contributed by atoms with Crippen molar-refractivity contribution in [2.45, 2.75) is 11.8 Å². The van der Waals surface area contributed by atoms with Gasteiger partial charge in [0.1, 0.15) is 0 Å². The van der Waals surface area contributed by atoms with Gasteiger partial charge in [-0.25, -0.2) is 13.2 Å². The first kappa shape index (κ1) is 22.0. The molecule has 0 aromatic heterocycles. The first-order valence-corrected chi connectivity index (χ1v) is 9.60. The van der Waals surface area contributed by atoms with Crippen LogP contribution in [0.3, 0.4) is 0 Å². The highest BCUT2D eigenvalue weighted by atomic mass is 32.2. The van der Waals surface area contributed by atoms with Gasteiger partial charge in [-0.2, -0.15) is 0 Å². The largest absolute Gasteiger partial charge is 0.493 e. The number of nitro groups is 1. The van der Waals surface area contributed by atoms with Crippen molar-refractivity contribution in [1.29, 1.82) is 0 Å². The van der Waals surface area contributed by atoms with Gasteiger partial charge in [0.05, 0.1) is 42.4 Å². The summed E-state index contributed by atoms with van der Waals surface area (Å²) in [6.07, 6.45) is 0. The van der Waals surface area contributed by atoms with E-state index in [0.29, 0.717) is 5.56 Å². The zero-order valence-corrected chi connectivity index (χ0v) is 17.3. The Morgan fingerprint density at radius 3 is 2.17 bits per heavy atom. The SMILES string of the molecule is COC(=O)c1cc(OC)c(OC)cc1N(C)S(=O)(=O)c1cc([N+](=O)[O-])ccc1C. The van der Waals surface area contributed by atoms with E-state index in [4.69, 9.17) is 14.2 Å². The van der Waals surface area contributed by atoms with Crippen LogP contribution in [0.5, 0.6) is 11.5 Å². The predicted octanol–water partition coefficient (Wildman–Crippen LogP) is 2.53. The molecule has 0 N–H and O–H groups in total. The van der Waals surface area contributed by atoms with Gasteiger partial charge in [-0.1, -0.05) is 6.07 Å². The molecule has 0 fully saturated rings. The minimum Gasteiger partial charge on any atom is -0.493 e. The molecule has 0 aliphatic carbocycles. The second-order valence-electron chi connectivity index (χ2n) is 5.90. The van der Waals surface area contributed by atoms with Gasteiger partial charge < -0.3 is 14.2 Å². The van der Waals surface area contributed by atoms with E-state index >= 15 is 0 Å². The normalized spacial score (nSPS) is 10.9. The van der Waals surface area contributed by atoms with E-state index in [0.717, 1.165) is 17.5 Å². The van der Waals surface area contributed by atoms with Crippen LogP contribution in [0.2, 0.25) is 0 Å². The number of nitrogens with zero attached hydrogens (tertiary/aromatic N) is 2. The Morgan fingerprint density at radius 1 is 1.07 bits per heavy atom. The van der Waals surface area contributed by atoms with Crippen LogP contribution in [0, 0.1) is 17.0 Å². The Kier molecular flexibility index (Phi) is 6.32. The monoisotopic (exact) mass is 424 g/mol. The third-order valence-corrected chi connectivity index (χ3v) is 6.18. The van der Waals surface area contributed by atoms with E-state index in [1.807, 2.05) is 0 Å². The first-order chi connectivity index (χ1) is 13.6. The molecular formula is C18H20N2O8S. The van der Waals surface area contributed by atoms with E-state index in [-0.39, 0.29) is 33.3 Å². The average Bonchev–Trinajstić information content (AvgIpc) is 2.71. The number of aryl methyl sites for hydroxylation is 1. The van der Waals surface area contributed by atoms with Crippen molar-refractivity contribution >= 4 is 27.4 Å². The van der Waals surface area contributed by atoms with E-state index in [9.17, 15) is 23.3 Å². The minimum atomic E-state index is -4.26. The first-order valence-electron chi connectivity index (χ1n) is 8.16. The van der Waals surface area contributed by atoms with Gasteiger partial charge in [0.25, 0.3) is 15.7 Å². The number of anilines is 1. The van der Waals surface area contributed by atoms with Gasteiger partial charge in [0, 0.05) is 31.3 Å². The van der Waals surface area contributed by atoms with Crippen LogP contribution in [-0.4, -0.2) is 47.7 Å². The summed E-state index contributed by atoms with van der Waals surface area (Å²) in [5.41, 5.74) is -0.190. The van der Waals surface area contributed by atoms with E-state index in [1.54, 1.807) is 0 Å². The molecule has 0 bridgehead atoms. The fraction of sp³-hybridized carbons (Fsp3) is 0.278. The molecule has 0 saturated carbocycles. The van der Waals surface area contributed by atoms with Gasteiger partial charge in [0.2, 0.25) is 0 Å². The van der Waals surface area contributed by atoms with Crippen molar-refractivity contribution in [3.8, 4) is 11.5 Å². The molecule has 10 nitrogen and oxygen atoms in total.